The first-order valence-electron chi connectivity index (χ1n) is 11.2. The third-order valence-electron chi connectivity index (χ3n) is 6.09. The Bertz CT molecular complexity index is 1150. The van der Waals surface area contributed by atoms with Crippen LogP contribution in [0.2, 0.25) is 0 Å². The molecule has 0 radical (unpaired) electrons. The largest absolute Gasteiger partial charge is 0.320 e. The van der Waals surface area contributed by atoms with Crippen molar-refractivity contribution in [1.82, 2.24) is 5.32 Å². The summed E-state index contributed by atoms with van der Waals surface area (Å²) in [5, 5.41) is 3.00. The summed E-state index contributed by atoms with van der Waals surface area (Å²) in [6, 6.07) is 17.4. The maximum atomic E-state index is 13.0. The van der Waals surface area contributed by atoms with Crippen LogP contribution in [-0.2, 0) is 11.2 Å². The molecule has 2 aliphatic heterocycles. The van der Waals surface area contributed by atoms with Gasteiger partial charge in [-0.1, -0.05) is 54.6 Å². The van der Waals surface area contributed by atoms with Gasteiger partial charge in [0, 0.05) is 11.8 Å². The Hall–Kier alpha value is -3.51. The first-order valence-corrected chi connectivity index (χ1v) is 11.2. The highest BCUT2D eigenvalue weighted by Crippen LogP contribution is 2.35. The molecule has 2 aromatic rings. The lowest BCUT2D eigenvalue weighted by molar-refractivity contribution is -0.121. The van der Waals surface area contributed by atoms with E-state index in [-0.39, 0.29) is 5.91 Å². The number of carbonyl (C=O) groups excluding carboxylic acids is 1. The standard InChI is InChI=1S/C26H27N5O/c27-21(17-18-9-3-1-4-10-18)26(32)30-24-25-28-15-16-31(25)22-14-8-7-13-20(22)23(29-24)19-11-5-2-6-12-19/h1,3-4,7-11,13-15,21H,2,5-6,12,16-17,27H2,(H,30,32)/t21-/m0/s1. The Morgan fingerprint density at radius 1 is 1.09 bits per heavy atom. The first kappa shape index (κ1) is 20.4. The van der Waals surface area contributed by atoms with Crippen molar-refractivity contribution < 1.29 is 4.79 Å². The second kappa shape index (κ2) is 8.93. The van der Waals surface area contributed by atoms with Gasteiger partial charge in [-0.2, -0.15) is 0 Å². The lowest BCUT2D eigenvalue weighted by Gasteiger charge is -2.21. The van der Waals surface area contributed by atoms with Gasteiger partial charge in [-0.05, 0) is 49.3 Å². The molecule has 0 saturated heterocycles. The summed E-state index contributed by atoms with van der Waals surface area (Å²) in [6.45, 7) is 0.642. The van der Waals surface area contributed by atoms with Crippen LogP contribution in [0.4, 0.5) is 5.69 Å². The Morgan fingerprint density at radius 3 is 2.72 bits per heavy atom. The smallest absolute Gasteiger partial charge is 0.242 e. The van der Waals surface area contributed by atoms with Crippen LogP contribution in [0.25, 0.3) is 0 Å². The first-order chi connectivity index (χ1) is 15.7. The molecule has 0 spiro atoms. The summed E-state index contributed by atoms with van der Waals surface area (Å²) in [4.78, 5) is 24.7. The van der Waals surface area contributed by atoms with E-state index in [9.17, 15) is 4.79 Å². The fourth-order valence-electron chi connectivity index (χ4n) is 4.45. The predicted octanol–water partition coefficient (Wildman–Crippen LogP) is 3.69. The van der Waals surface area contributed by atoms with Crippen molar-refractivity contribution >= 4 is 23.5 Å². The number of nitrogens with two attached hydrogens (primary N) is 1. The van der Waals surface area contributed by atoms with Crippen LogP contribution in [0.1, 0.15) is 36.8 Å². The monoisotopic (exact) mass is 425 g/mol. The number of anilines is 1. The van der Waals surface area contributed by atoms with Crippen molar-refractivity contribution in [2.24, 2.45) is 15.7 Å². The van der Waals surface area contributed by atoms with E-state index in [1.54, 1.807) is 0 Å². The second-order valence-corrected chi connectivity index (χ2v) is 8.33. The zero-order valence-electron chi connectivity index (χ0n) is 18.0. The van der Waals surface area contributed by atoms with Gasteiger partial charge in [0.15, 0.2) is 11.6 Å². The number of benzene rings is 2. The quantitative estimate of drug-likeness (QED) is 0.766. The van der Waals surface area contributed by atoms with Gasteiger partial charge in [0.25, 0.3) is 0 Å². The molecule has 6 heteroatoms. The van der Waals surface area contributed by atoms with Crippen molar-refractivity contribution in [1.29, 1.82) is 0 Å². The Labute approximate surface area is 188 Å². The maximum Gasteiger partial charge on any atom is 0.242 e. The van der Waals surface area contributed by atoms with Crippen LogP contribution < -0.4 is 16.0 Å². The van der Waals surface area contributed by atoms with Crippen molar-refractivity contribution in [3.63, 3.8) is 0 Å². The number of nitrogens with zero attached hydrogens (tertiary/aromatic N) is 3. The number of amides is 1. The summed E-state index contributed by atoms with van der Waals surface area (Å²) in [5.41, 5.74) is 11.6. The van der Waals surface area contributed by atoms with Crippen LogP contribution in [0, 0.1) is 0 Å². The van der Waals surface area contributed by atoms with Crippen LogP contribution in [0.3, 0.4) is 0 Å². The van der Waals surface area contributed by atoms with Gasteiger partial charge < -0.3 is 16.0 Å². The number of allylic oxidation sites excluding steroid dienone is 2. The fraction of sp³-hybridized carbons (Fsp3) is 0.269. The third kappa shape index (κ3) is 4.01. The summed E-state index contributed by atoms with van der Waals surface area (Å²) >= 11 is 0. The van der Waals surface area contributed by atoms with Crippen molar-refractivity contribution in [2.75, 3.05) is 11.4 Å². The average molecular weight is 426 g/mol. The van der Waals surface area contributed by atoms with Gasteiger partial charge in [0.1, 0.15) is 0 Å². The minimum absolute atomic E-state index is 0.259. The summed E-state index contributed by atoms with van der Waals surface area (Å²) in [6.07, 6.45) is 8.99. The minimum atomic E-state index is -0.678. The SMILES string of the molecule is N[C@@H](Cc1ccccc1)C(=O)NC1=C2N=CCN2c2ccccc2C(C2=CCCCC2)=N1. The number of carbonyl (C=O) groups is 1. The second-order valence-electron chi connectivity index (χ2n) is 8.33. The third-order valence-corrected chi connectivity index (χ3v) is 6.09. The summed E-state index contributed by atoms with van der Waals surface area (Å²) in [7, 11) is 0. The van der Waals surface area contributed by atoms with E-state index in [0.29, 0.717) is 24.6 Å². The number of para-hydroxylation sites is 1. The molecule has 1 atom stereocenters. The Morgan fingerprint density at radius 2 is 1.91 bits per heavy atom. The van der Waals surface area contributed by atoms with E-state index in [1.807, 2.05) is 48.7 Å². The molecule has 5 rings (SSSR count). The van der Waals surface area contributed by atoms with E-state index in [1.165, 1.54) is 12.0 Å². The predicted molar refractivity (Wildman–Crippen MR) is 129 cm³/mol. The van der Waals surface area contributed by atoms with Gasteiger partial charge in [-0.3, -0.25) is 4.79 Å². The van der Waals surface area contributed by atoms with Gasteiger partial charge in [0.2, 0.25) is 5.91 Å². The lowest BCUT2D eigenvalue weighted by atomic mass is 9.91. The maximum absolute atomic E-state index is 13.0. The number of fused-ring (bicyclic) bond motifs is 3. The molecule has 1 amide bonds. The van der Waals surface area contributed by atoms with E-state index in [2.05, 4.69) is 33.4 Å². The van der Waals surface area contributed by atoms with E-state index >= 15 is 0 Å². The van der Waals surface area contributed by atoms with Gasteiger partial charge in [-0.15, -0.1) is 0 Å². The van der Waals surface area contributed by atoms with Gasteiger partial charge >= 0.3 is 0 Å². The van der Waals surface area contributed by atoms with E-state index < -0.39 is 6.04 Å². The fourth-order valence-corrected chi connectivity index (χ4v) is 4.45. The van der Waals surface area contributed by atoms with E-state index in [4.69, 9.17) is 10.7 Å². The van der Waals surface area contributed by atoms with Crippen molar-refractivity contribution in [3.05, 3.63) is 89.0 Å². The van der Waals surface area contributed by atoms with Crippen molar-refractivity contribution in [3.8, 4) is 0 Å². The molecule has 1 aliphatic carbocycles. The highest BCUT2D eigenvalue weighted by Gasteiger charge is 2.30. The number of aliphatic imine (C=N–C) groups is 2. The molecule has 2 aromatic carbocycles. The topological polar surface area (TPSA) is 83.1 Å². The molecule has 0 aromatic heterocycles. The highest BCUT2D eigenvalue weighted by atomic mass is 16.2. The number of hydrogen-bond acceptors (Lipinski definition) is 5. The number of rotatable bonds is 5. The molecule has 0 saturated carbocycles. The van der Waals surface area contributed by atoms with Gasteiger partial charge in [-0.25, -0.2) is 9.98 Å². The zero-order valence-corrected chi connectivity index (χ0v) is 18.0. The van der Waals surface area contributed by atoms with Gasteiger partial charge in [0.05, 0.1) is 24.0 Å². The number of hydrogen-bond donors (Lipinski definition) is 2. The average Bonchev–Trinajstić information content (AvgIpc) is 3.28. The van der Waals surface area contributed by atoms with Crippen LogP contribution in [-0.4, -0.2) is 30.4 Å². The molecule has 162 valence electrons. The normalized spacial score (nSPS) is 18.3. The van der Waals surface area contributed by atoms with Crippen molar-refractivity contribution in [2.45, 2.75) is 38.1 Å². The highest BCUT2D eigenvalue weighted by molar-refractivity contribution is 6.17. The Balaban J connectivity index is 1.50. The zero-order chi connectivity index (χ0) is 21.9. The van der Waals surface area contributed by atoms with E-state index in [0.717, 1.165) is 41.8 Å². The van der Waals surface area contributed by atoms with Crippen LogP contribution in [0.5, 0.6) is 0 Å². The summed E-state index contributed by atoms with van der Waals surface area (Å²) in [5.74, 6) is 0.860. The number of nitrogens with one attached hydrogen (secondary N) is 1. The molecular weight excluding hydrogens is 398 g/mol. The molecule has 2 heterocycles. The molecular formula is C26H27N5O. The van der Waals surface area contributed by atoms with Crippen LogP contribution in [0.15, 0.2) is 87.9 Å². The molecule has 0 unspecified atom stereocenters. The molecule has 0 bridgehead atoms. The molecule has 32 heavy (non-hydrogen) atoms. The molecule has 0 fully saturated rings. The molecule has 6 nitrogen and oxygen atoms in total. The molecule has 3 N–H and O–H groups in total. The Kier molecular flexibility index (Phi) is 5.69. The lowest BCUT2D eigenvalue weighted by Crippen LogP contribution is -2.42. The summed E-state index contributed by atoms with van der Waals surface area (Å²) < 4.78 is 0. The molecule has 3 aliphatic rings. The van der Waals surface area contributed by atoms with Crippen LogP contribution >= 0.6 is 0 Å². The minimum Gasteiger partial charge on any atom is -0.320 e.